The van der Waals surface area contributed by atoms with Gasteiger partial charge >= 0.3 is 0 Å². The van der Waals surface area contributed by atoms with E-state index >= 15 is 0 Å². The first-order chi connectivity index (χ1) is 12.5. The Hall–Kier alpha value is -2.86. The summed E-state index contributed by atoms with van der Waals surface area (Å²) in [6, 6.07) is 13.5. The van der Waals surface area contributed by atoms with Gasteiger partial charge in [-0.05, 0) is 55.0 Å². The minimum atomic E-state index is -0.351. The number of rotatable bonds is 5. The lowest BCUT2D eigenvalue weighted by Gasteiger charge is -2.15. The van der Waals surface area contributed by atoms with Crippen molar-refractivity contribution in [1.29, 1.82) is 0 Å². The SMILES string of the molecule is O=C(CNC(=O)c1ccc(N2CCCC2=O)cc1)Nc1ccc(Cl)cc1. The molecule has 3 rings (SSSR count). The van der Waals surface area contributed by atoms with E-state index in [9.17, 15) is 14.4 Å². The van der Waals surface area contributed by atoms with Crippen molar-refractivity contribution in [3.05, 3.63) is 59.1 Å². The van der Waals surface area contributed by atoms with Crippen LogP contribution in [0.25, 0.3) is 0 Å². The van der Waals surface area contributed by atoms with Gasteiger partial charge in [-0.1, -0.05) is 11.6 Å². The first kappa shape index (κ1) is 17.9. The number of hydrogen-bond donors (Lipinski definition) is 2. The smallest absolute Gasteiger partial charge is 0.251 e. The predicted octanol–water partition coefficient (Wildman–Crippen LogP) is 2.84. The van der Waals surface area contributed by atoms with Crippen LogP contribution >= 0.6 is 11.6 Å². The fourth-order valence-electron chi connectivity index (χ4n) is 2.71. The number of halogens is 1. The molecule has 1 heterocycles. The summed E-state index contributed by atoms with van der Waals surface area (Å²) in [7, 11) is 0. The molecule has 2 N–H and O–H groups in total. The minimum absolute atomic E-state index is 0.0982. The standard InChI is InChI=1S/C19H18ClN3O3/c20-14-5-7-15(8-6-14)22-17(24)12-21-19(26)13-3-9-16(10-4-13)23-11-1-2-18(23)25/h3-10H,1-2,11-12H2,(H,21,26)(H,22,24). The number of hydrogen-bond acceptors (Lipinski definition) is 3. The van der Waals surface area contributed by atoms with Crippen molar-refractivity contribution in [2.45, 2.75) is 12.8 Å². The maximum absolute atomic E-state index is 12.2. The zero-order chi connectivity index (χ0) is 18.5. The lowest BCUT2D eigenvalue weighted by molar-refractivity contribution is -0.117. The predicted molar refractivity (Wildman–Crippen MR) is 100 cm³/mol. The molecule has 0 aromatic heterocycles. The topological polar surface area (TPSA) is 78.5 Å². The molecule has 134 valence electrons. The van der Waals surface area contributed by atoms with Crippen molar-refractivity contribution in [2.24, 2.45) is 0 Å². The molecule has 2 aromatic carbocycles. The van der Waals surface area contributed by atoms with E-state index in [1.165, 1.54) is 0 Å². The molecule has 0 atom stereocenters. The van der Waals surface area contributed by atoms with E-state index in [4.69, 9.17) is 11.6 Å². The number of amides is 3. The molecule has 26 heavy (non-hydrogen) atoms. The second-order valence-electron chi connectivity index (χ2n) is 5.93. The maximum Gasteiger partial charge on any atom is 0.251 e. The summed E-state index contributed by atoms with van der Waals surface area (Å²) in [4.78, 5) is 37.5. The Morgan fingerprint density at radius 3 is 2.35 bits per heavy atom. The molecule has 0 bridgehead atoms. The van der Waals surface area contributed by atoms with Crippen LogP contribution in [0.1, 0.15) is 23.2 Å². The molecule has 1 aliphatic heterocycles. The van der Waals surface area contributed by atoms with E-state index in [-0.39, 0.29) is 24.3 Å². The highest BCUT2D eigenvalue weighted by molar-refractivity contribution is 6.30. The van der Waals surface area contributed by atoms with Gasteiger partial charge in [0, 0.05) is 34.9 Å². The number of carbonyl (C=O) groups is 3. The average molecular weight is 372 g/mol. The Kier molecular flexibility index (Phi) is 5.53. The molecule has 0 spiro atoms. The Morgan fingerprint density at radius 1 is 1.04 bits per heavy atom. The van der Waals surface area contributed by atoms with Gasteiger partial charge in [-0.2, -0.15) is 0 Å². The number of benzene rings is 2. The van der Waals surface area contributed by atoms with Crippen molar-refractivity contribution in [3.8, 4) is 0 Å². The summed E-state index contributed by atoms with van der Waals surface area (Å²) in [6.45, 7) is 0.559. The molecule has 6 nitrogen and oxygen atoms in total. The molecule has 0 radical (unpaired) electrons. The Labute approximate surface area is 156 Å². The first-order valence-electron chi connectivity index (χ1n) is 8.27. The van der Waals surface area contributed by atoms with Gasteiger partial charge in [0.15, 0.2) is 0 Å². The summed E-state index contributed by atoms with van der Waals surface area (Å²) in [6.07, 6.45) is 1.41. The highest BCUT2D eigenvalue weighted by Crippen LogP contribution is 2.21. The highest BCUT2D eigenvalue weighted by Gasteiger charge is 2.21. The second kappa shape index (κ2) is 8.01. The second-order valence-corrected chi connectivity index (χ2v) is 6.37. The van der Waals surface area contributed by atoms with Gasteiger partial charge in [-0.25, -0.2) is 0 Å². The Bertz CT molecular complexity index is 819. The van der Waals surface area contributed by atoms with Crippen molar-refractivity contribution in [1.82, 2.24) is 5.32 Å². The third kappa shape index (κ3) is 4.40. The number of nitrogens with one attached hydrogen (secondary N) is 2. The fraction of sp³-hybridized carbons (Fsp3) is 0.211. The van der Waals surface area contributed by atoms with Crippen LogP contribution in [0.15, 0.2) is 48.5 Å². The quantitative estimate of drug-likeness (QED) is 0.848. The van der Waals surface area contributed by atoms with E-state index < -0.39 is 0 Å². The van der Waals surface area contributed by atoms with E-state index in [0.717, 1.165) is 12.1 Å². The lowest BCUT2D eigenvalue weighted by atomic mass is 10.2. The van der Waals surface area contributed by atoms with Crippen molar-refractivity contribution < 1.29 is 14.4 Å². The molecule has 1 aliphatic rings. The van der Waals surface area contributed by atoms with Gasteiger partial charge in [0.1, 0.15) is 0 Å². The van der Waals surface area contributed by atoms with Crippen LogP contribution in [0.4, 0.5) is 11.4 Å². The van der Waals surface area contributed by atoms with Gasteiger partial charge in [-0.3, -0.25) is 14.4 Å². The van der Waals surface area contributed by atoms with Crippen LogP contribution in [0.3, 0.4) is 0 Å². The van der Waals surface area contributed by atoms with Crippen LogP contribution in [-0.4, -0.2) is 30.8 Å². The zero-order valence-corrected chi connectivity index (χ0v) is 14.8. The van der Waals surface area contributed by atoms with E-state index in [2.05, 4.69) is 10.6 Å². The monoisotopic (exact) mass is 371 g/mol. The lowest BCUT2D eigenvalue weighted by Crippen LogP contribution is -2.32. The molecule has 2 aromatic rings. The van der Waals surface area contributed by atoms with Gasteiger partial charge in [-0.15, -0.1) is 0 Å². The Balaban J connectivity index is 1.52. The summed E-state index contributed by atoms with van der Waals surface area (Å²) in [5, 5.41) is 5.82. The van der Waals surface area contributed by atoms with Gasteiger partial charge in [0.2, 0.25) is 11.8 Å². The molecule has 1 saturated heterocycles. The molecule has 0 unspecified atom stereocenters. The fourth-order valence-corrected chi connectivity index (χ4v) is 2.84. The van der Waals surface area contributed by atoms with Crippen molar-refractivity contribution >= 4 is 40.7 Å². The summed E-state index contributed by atoms with van der Waals surface area (Å²) >= 11 is 5.79. The van der Waals surface area contributed by atoms with Crippen LogP contribution in [-0.2, 0) is 9.59 Å². The molecular formula is C19H18ClN3O3. The van der Waals surface area contributed by atoms with E-state index in [0.29, 0.717) is 29.2 Å². The average Bonchev–Trinajstić information content (AvgIpc) is 3.08. The molecule has 0 aliphatic carbocycles. The third-order valence-corrected chi connectivity index (χ3v) is 4.30. The van der Waals surface area contributed by atoms with Crippen molar-refractivity contribution in [2.75, 3.05) is 23.3 Å². The molecule has 3 amide bonds. The summed E-state index contributed by atoms with van der Waals surface area (Å²) in [5.74, 6) is -0.586. The number of anilines is 2. The minimum Gasteiger partial charge on any atom is -0.343 e. The summed E-state index contributed by atoms with van der Waals surface area (Å²) < 4.78 is 0. The van der Waals surface area contributed by atoms with E-state index in [1.54, 1.807) is 53.4 Å². The van der Waals surface area contributed by atoms with Crippen LogP contribution in [0, 0.1) is 0 Å². The Morgan fingerprint density at radius 2 is 1.73 bits per heavy atom. The largest absolute Gasteiger partial charge is 0.343 e. The van der Waals surface area contributed by atoms with Crippen molar-refractivity contribution in [3.63, 3.8) is 0 Å². The highest BCUT2D eigenvalue weighted by atomic mass is 35.5. The first-order valence-corrected chi connectivity index (χ1v) is 8.65. The van der Waals surface area contributed by atoms with Crippen LogP contribution < -0.4 is 15.5 Å². The molecular weight excluding hydrogens is 354 g/mol. The van der Waals surface area contributed by atoms with E-state index in [1.807, 2.05) is 0 Å². The molecule has 1 fully saturated rings. The zero-order valence-electron chi connectivity index (χ0n) is 14.0. The number of carbonyl (C=O) groups excluding carboxylic acids is 3. The van der Waals surface area contributed by atoms with Crippen LogP contribution in [0.5, 0.6) is 0 Å². The molecule has 0 saturated carbocycles. The molecule has 7 heteroatoms. The van der Waals surface area contributed by atoms with Crippen LogP contribution in [0.2, 0.25) is 5.02 Å². The van der Waals surface area contributed by atoms with Gasteiger partial charge in [0.05, 0.1) is 6.54 Å². The number of nitrogens with zero attached hydrogens (tertiary/aromatic N) is 1. The van der Waals surface area contributed by atoms with Gasteiger partial charge in [0.25, 0.3) is 5.91 Å². The maximum atomic E-state index is 12.2. The normalized spacial score (nSPS) is 13.6. The van der Waals surface area contributed by atoms with Gasteiger partial charge < -0.3 is 15.5 Å². The summed E-state index contributed by atoms with van der Waals surface area (Å²) in [5.41, 5.74) is 1.82. The third-order valence-electron chi connectivity index (χ3n) is 4.05.